The quantitative estimate of drug-likeness (QED) is 0.838. The monoisotopic (exact) mass is 283 g/mol. The topological polar surface area (TPSA) is 12.0 Å². The standard InChI is InChI=1S/C15H13F4N/c1-2-20-15(10-8-9(16)6-7-11(10)17)14-12(18)4-3-5-13(14)19/h3-8,15,20H,2H2,1H3. The first kappa shape index (κ1) is 14.5. The predicted octanol–water partition coefficient (Wildman–Crippen LogP) is 3.94. The van der Waals surface area contributed by atoms with Gasteiger partial charge in [-0.05, 0) is 36.9 Å². The molecule has 1 N–H and O–H groups in total. The average Bonchev–Trinajstić information content (AvgIpc) is 2.40. The maximum atomic E-state index is 13.8. The van der Waals surface area contributed by atoms with E-state index in [0.717, 1.165) is 30.3 Å². The van der Waals surface area contributed by atoms with Gasteiger partial charge in [0.2, 0.25) is 0 Å². The summed E-state index contributed by atoms with van der Waals surface area (Å²) in [6, 6.07) is 5.14. The lowest BCUT2D eigenvalue weighted by atomic mass is 9.97. The molecule has 5 heteroatoms. The Morgan fingerprint density at radius 2 is 1.60 bits per heavy atom. The summed E-state index contributed by atoms with van der Waals surface area (Å²) >= 11 is 0. The lowest BCUT2D eigenvalue weighted by Crippen LogP contribution is -2.25. The minimum Gasteiger partial charge on any atom is -0.306 e. The maximum absolute atomic E-state index is 13.8. The minimum absolute atomic E-state index is 0.129. The van der Waals surface area contributed by atoms with Crippen LogP contribution in [-0.2, 0) is 0 Å². The molecule has 0 spiro atoms. The Morgan fingerprint density at radius 1 is 0.950 bits per heavy atom. The van der Waals surface area contributed by atoms with E-state index in [2.05, 4.69) is 5.32 Å². The third-order valence-electron chi connectivity index (χ3n) is 2.97. The Morgan fingerprint density at radius 3 is 2.20 bits per heavy atom. The number of benzene rings is 2. The first-order chi connectivity index (χ1) is 9.54. The molecule has 20 heavy (non-hydrogen) atoms. The van der Waals surface area contributed by atoms with Gasteiger partial charge in [-0.25, -0.2) is 17.6 Å². The fourth-order valence-electron chi connectivity index (χ4n) is 2.09. The molecule has 0 aliphatic heterocycles. The van der Waals surface area contributed by atoms with Crippen LogP contribution < -0.4 is 5.32 Å². The van der Waals surface area contributed by atoms with Gasteiger partial charge < -0.3 is 5.32 Å². The van der Waals surface area contributed by atoms with Crippen LogP contribution in [0.2, 0.25) is 0 Å². The lowest BCUT2D eigenvalue weighted by molar-refractivity contribution is 0.491. The molecule has 0 heterocycles. The molecule has 106 valence electrons. The van der Waals surface area contributed by atoms with E-state index in [1.165, 1.54) is 6.07 Å². The van der Waals surface area contributed by atoms with Crippen LogP contribution in [0.1, 0.15) is 24.1 Å². The zero-order chi connectivity index (χ0) is 14.7. The molecule has 1 unspecified atom stereocenters. The Kier molecular flexibility index (Phi) is 4.39. The van der Waals surface area contributed by atoms with Crippen LogP contribution in [0.15, 0.2) is 36.4 Å². The zero-order valence-electron chi connectivity index (χ0n) is 10.8. The number of nitrogens with one attached hydrogen (secondary N) is 1. The Hall–Kier alpha value is -1.88. The first-order valence-corrected chi connectivity index (χ1v) is 6.16. The van der Waals surface area contributed by atoms with Crippen molar-refractivity contribution in [3.8, 4) is 0 Å². The summed E-state index contributed by atoms with van der Waals surface area (Å²) in [7, 11) is 0. The predicted molar refractivity (Wildman–Crippen MR) is 68.2 cm³/mol. The summed E-state index contributed by atoms with van der Waals surface area (Å²) in [5, 5.41) is 2.78. The third-order valence-corrected chi connectivity index (χ3v) is 2.97. The molecule has 0 fully saturated rings. The van der Waals surface area contributed by atoms with Crippen molar-refractivity contribution >= 4 is 0 Å². The van der Waals surface area contributed by atoms with Crippen molar-refractivity contribution in [2.45, 2.75) is 13.0 Å². The van der Waals surface area contributed by atoms with E-state index in [9.17, 15) is 17.6 Å². The van der Waals surface area contributed by atoms with Gasteiger partial charge in [0.15, 0.2) is 0 Å². The molecule has 0 aliphatic carbocycles. The summed E-state index contributed by atoms with van der Waals surface area (Å²) < 4.78 is 54.8. The minimum atomic E-state index is -1.09. The van der Waals surface area contributed by atoms with Crippen LogP contribution in [-0.4, -0.2) is 6.54 Å². The summed E-state index contributed by atoms with van der Waals surface area (Å²) in [5.74, 6) is -3.00. The van der Waals surface area contributed by atoms with Crippen LogP contribution >= 0.6 is 0 Å². The van der Waals surface area contributed by atoms with Gasteiger partial charge in [0.05, 0.1) is 6.04 Å². The van der Waals surface area contributed by atoms with E-state index in [-0.39, 0.29) is 11.1 Å². The highest BCUT2D eigenvalue weighted by Crippen LogP contribution is 2.29. The molecular formula is C15H13F4N. The lowest BCUT2D eigenvalue weighted by Gasteiger charge is -2.20. The van der Waals surface area contributed by atoms with Crippen molar-refractivity contribution < 1.29 is 17.6 Å². The summed E-state index contributed by atoms with van der Waals surface area (Å²) in [5.41, 5.74) is -0.449. The normalized spacial score (nSPS) is 12.4. The highest BCUT2D eigenvalue weighted by Gasteiger charge is 2.24. The van der Waals surface area contributed by atoms with E-state index in [1.807, 2.05) is 0 Å². The Bertz CT molecular complexity index is 593. The third kappa shape index (κ3) is 2.82. The van der Waals surface area contributed by atoms with Gasteiger partial charge in [-0.2, -0.15) is 0 Å². The van der Waals surface area contributed by atoms with Crippen molar-refractivity contribution in [2.75, 3.05) is 6.54 Å². The number of hydrogen-bond acceptors (Lipinski definition) is 1. The van der Waals surface area contributed by atoms with E-state index in [4.69, 9.17) is 0 Å². The summed E-state index contributed by atoms with van der Waals surface area (Å²) in [6.07, 6.45) is 0. The molecule has 0 bridgehead atoms. The largest absolute Gasteiger partial charge is 0.306 e. The van der Waals surface area contributed by atoms with Gasteiger partial charge in [-0.1, -0.05) is 13.0 Å². The number of hydrogen-bond donors (Lipinski definition) is 1. The van der Waals surface area contributed by atoms with Crippen LogP contribution in [0.3, 0.4) is 0 Å². The summed E-state index contributed by atoms with van der Waals surface area (Å²) in [6.45, 7) is 2.05. The average molecular weight is 283 g/mol. The van der Waals surface area contributed by atoms with E-state index >= 15 is 0 Å². The van der Waals surface area contributed by atoms with Gasteiger partial charge in [0.1, 0.15) is 23.3 Å². The van der Waals surface area contributed by atoms with Crippen LogP contribution in [0.25, 0.3) is 0 Å². The number of rotatable bonds is 4. The second-order valence-electron chi connectivity index (χ2n) is 4.29. The Labute approximate surface area is 114 Å². The molecule has 0 aliphatic rings. The smallest absolute Gasteiger partial charge is 0.131 e. The van der Waals surface area contributed by atoms with Crippen molar-refractivity contribution in [3.63, 3.8) is 0 Å². The van der Waals surface area contributed by atoms with Gasteiger partial charge in [-0.15, -0.1) is 0 Å². The molecule has 1 atom stereocenters. The van der Waals surface area contributed by atoms with Crippen LogP contribution in [0.4, 0.5) is 17.6 Å². The molecule has 2 aromatic carbocycles. The molecule has 0 amide bonds. The van der Waals surface area contributed by atoms with E-state index in [1.54, 1.807) is 6.92 Å². The zero-order valence-corrected chi connectivity index (χ0v) is 10.8. The molecule has 2 rings (SSSR count). The Balaban J connectivity index is 2.59. The molecule has 1 nitrogen and oxygen atoms in total. The SMILES string of the molecule is CCNC(c1cc(F)ccc1F)c1c(F)cccc1F. The fraction of sp³-hybridized carbons (Fsp3) is 0.200. The van der Waals surface area contributed by atoms with Crippen LogP contribution in [0, 0.1) is 23.3 Å². The van der Waals surface area contributed by atoms with Gasteiger partial charge in [-0.3, -0.25) is 0 Å². The van der Waals surface area contributed by atoms with Crippen LogP contribution in [0.5, 0.6) is 0 Å². The van der Waals surface area contributed by atoms with Gasteiger partial charge in [0.25, 0.3) is 0 Å². The summed E-state index contributed by atoms with van der Waals surface area (Å²) in [4.78, 5) is 0. The first-order valence-electron chi connectivity index (χ1n) is 6.16. The van der Waals surface area contributed by atoms with Crippen molar-refractivity contribution in [1.29, 1.82) is 0 Å². The van der Waals surface area contributed by atoms with E-state index in [0.29, 0.717) is 6.54 Å². The second-order valence-corrected chi connectivity index (χ2v) is 4.29. The molecule has 0 saturated carbocycles. The van der Waals surface area contributed by atoms with Gasteiger partial charge >= 0.3 is 0 Å². The highest BCUT2D eigenvalue weighted by atomic mass is 19.1. The van der Waals surface area contributed by atoms with Crippen molar-refractivity contribution in [3.05, 3.63) is 70.8 Å². The van der Waals surface area contributed by atoms with Crippen molar-refractivity contribution in [1.82, 2.24) is 5.32 Å². The molecular weight excluding hydrogens is 270 g/mol. The molecule has 0 aromatic heterocycles. The van der Waals surface area contributed by atoms with Gasteiger partial charge in [0, 0.05) is 11.1 Å². The van der Waals surface area contributed by atoms with E-state index < -0.39 is 29.3 Å². The molecule has 0 saturated heterocycles. The fourth-order valence-corrected chi connectivity index (χ4v) is 2.09. The van der Waals surface area contributed by atoms with Crippen molar-refractivity contribution in [2.24, 2.45) is 0 Å². The maximum Gasteiger partial charge on any atom is 0.131 e. The highest BCUT2D eigenvalue weighted by molar-refractivity contribution is 5.34. The number of halogens is 4. The second kappa shape index (κ2) is 6.05. The molecule has 0 radical (unpaired) electrons. The molecule has 2 aromatic rings.